The van der Waals surface area contributed by atoms with Crippen molar-refractivity contribution in [2.75, 3.05) is 0 Å². The van der Waals surface area contributed by atoms with Crippen molar-refractivity contribution < 1.29 is 0 Å². The lowest BCUT2D eigenvalue weighted by Crippen LogP contribution is -1.83. The first-order valence-electron chi connectivity index (χ1n) is 4.59. The fourth-order valence-electron chi connectivity index (χ4n) is 1.54. The van der Waals surface area contributed by atoms with Gasteiger partial charge in [0.15, 0.2) is 0 Å². The molecule has 0 spiro atoms. The largest absolute Gasteiger partial charge is 0.0840 e. The zero-order valence-electron chi connectivity index (χ0n) is 8.00. The molecule has 0 aliphatic carbocycles. The molecule has 0 saturated carbocycles. The van der Waals surface area contributed by atoms with E-state index in [2.05, 4.69) is 18.2 Å². The molecule has 0 heterocycles. The topological polar surface area (TPSA) is 0 Å². The van der Waals surface area contributed by atoms with Crippen LogP contribution in [0.15, 0.2) is 48.5 Å². The van der Waals surface area contributed by atoms with Gasteiger partial charge in [0.2, 0.25) is 0 Å². The summed E-state index contributed by atoms with van der Waals surface area (Å²) in [7, 11) is 0. The van der Waals surface area contributed by atoms with Crippen molar-refractivity contribution in [1.82, 2.24) is 0 Å². The molecule has 14 heavy (non-hydrogen) atoms. The third-order valence-electron chi connectivity index (χ3n) is 2.35. The highest BCUT2D eigenvalue weighted by Crippen LogP contribution is 2.27. The van der Waals surface area contributed by atoms with Crippen molar-refractivity contribution >= 4 is 11.6 Å². The summed E-state index contributed by atoms with van der Waals surface area (Å²) < 4.78 is 0. The Morgan fingerprint density at radius 2 is 1.57 bits per heavy atom. The summed E-state index contributed by atoms with van der Waals surface area (Å²) in [5.74, 6) is 0. The van der Waals surface area contributed by atoms with E-state index in [4.69, 9.17) is 11.6 Å². The van der Waals surface area contributed by atoms with E-state index in [0.29, 0.717) is 0 Å². The van der Waals surface area contributed by atoms with Crippen molar-refractivity contribution in [3.8, 4) is 11.1 Å². The number of hydrogen-bond acceptors (Lipinski definition) is 0. The Bertz CT molecular complexity index is 432. The van der Waals surface area contributed by atoms with E-state index < -0.39 is 0 Å². The molecule has 2 rings (SSSR count). The smallest absolute Gasteiger partial charge is 0.0441 e. The van der Waals surface area contributed by atoms with E-state index in [0.717, 1.165) is 10.6 Å². The second-order valence-electron chi connectivity index (χ2n) is 3.28. The molecule has 0 unspecified atom stereocenters. The van der Waals surface area contributed by atoms with Crippen molar-refractivity contribution in [2.45, 2.75) is 6.92 Å². The fraction of sp³-hybridized carbons (Fsp3) is 0.0769. The van der Waals surface area contributed by atoms with Gasteiger partial charge in [-0.05, 0) is 29.7 Å². The van der Waals surface area contributed by atoms with Crippen LogP contribution in [-0.2, 0) is 0 Å². The predicted octanol–water partition coefficient (Wildman–Crippen LogP) is 4.32. The third kappa shape index (κ3) is 1.66. The van der Waals surface area contributed by atoms with Crippen molar-refractivity contribution in [3.63, 3.8) is 0 Å². The van der Waals surface area contributed by atoms with Crippen LogP contribution in [0.1, 0.15) is 5.56 Å². The van der Waals surface area contributed by atoms with Gasteiger partial charge >= 0.3 is 0 Å². The summed E-state index contributed by atoms with van der Waals surface area (Å²) in [6, 6.07) is 16.3. The predicted molar refractivity (Wildman–Crippen MR) is 61.6 cm³/mol. The van der Waals surface area contributed by atoms with E-state index in [1.807, 2.05) is 37.3 Å². The lowest BCUT2D eigenvalue weighted by molar-refractivity contribution is 1.46. The van der Waals surface area contributed by atoms with E-state index in [-0.39, 0.29) is 0 Å². The first-order valence-corrected chi connectivity index (χ1v) is 4.97. The van der Waals surface area contributed by atoms with E-state index in [1.165, 1.54) is 11.1 Å². The zero-order valence-corrected chi connectivity index (χ0v) is 8.75. The normalized spacial score (nSPS) is 10.1. The van der Waals surface area contributed by atoms with Crippen molar-refractivity contribution in [1.29, 1.82) is 0 Å². The van der Waals surface area contributed by atoms with Gasteiger partial charge in [0.05, 0.1) is 0 Å². The number of benzene rings is 2. The Balaban J connectivity index is 2.58. The average molecular weight is 203 g/mol. The Kier molecular flexibility index (Phi) is 2.55. The molecule has 0 aromatic heterocycles. The molecule has 1 heteroatoms. The van der Waals surface area contributed by atoms with Gasteiger partial charge in [-0.15, -0.1) is 0 Å². The monoisotopic (exact) mass is 202 g/mol. The molecule has 0 amide bonds. The van der Waals surface area contributed by atoms with Gasteiger partial charge in [0.1, 0.15) is 0 Å². The van der Waals surface area contributed by atoms with Gasteiger partial charge in [0.25, 0.3) is 0 Å². The second-order valence-corrected chi connectivity index (χ2v) is 3.69. The van der Waals surface area contributed by atoms with Crippen LogP contribution in [0.2, 0.25) is 5.02 Å². The van der Waals surface area contributed by atoms with Gasteiger partial charge in [-0.3, -0.25) is 0 Å². The highest BCUT2D eigenvalue weighted by molar-refractivity contribution is 6.31. The maximum atomic E-state index is 6.06. The molecule has 0 nitrogen and oxygen atoms in total. The van der Waals surface area contributed by atoms with Crippen LogP contribution in [0.5, 0.6) is 0 Å². The van der Waals surface area contributed by atoms with E-state index in [9.17, 15) is 0 Å². The Hall–Kier alpha value is -1.27. The molecule has 70 valence electrons. The van der Waals surface area contributed by atoms with E-state index in [1.54, 1.807) is 0 Å². The molecule has 2 aromatic carbocycles. The quantitative estimate of drug-likeness (QED) is 0.646. The van der Waals surface area contributed by atoms with Gasteiger partial charge < -0.3 is 0 Å². The Morgan fingerprint density at radius 1 is 0.857 bits per heavy atom. The van der Waals surface area contributed by atoms with Crippen LogP contribution in [0.4, 0.5) is 0 Å². The highest BCUT2D eigenvalue weighted by Gasteiger charge is 2.02. The Morgan fingerprint density at radius 3 is 2.29 bits per heavy atom. The van der Waals surface area contributed by atoms with E-state index >= 15 is 0 Å². The molecular weight excluding hydrogens is 192 g/mol. The molecule has 0 N–H and O–H groups in total. The van der Waals surface area contributed by atoms with Crippen molar-refractivity contribution in [2.24, 2.45) is 0 Å². The van der Waals surface area contributed by atoms with Crippen LogP contribution in [0, 0.1) is 6.92 Å². The van der Waals surface area contributed by atoms with Crippen molar-refractivity contribution in [3.05, 3.63) is 59.1 Å². The molecule has 2 aromatic rings. The Labute approximate surface area is 89.2 Å². The second kappa shape index (κ2) is 3.85. The minimum absolute atomic E-state index is 0.825. The average Bonchev–Trinajstić information content (AvgIpc) is 2.23. The van der Waals surface area contributed by atoms with Gasteiger partial charge in [0, 0.05) is 5.02 Å². The summed E-state index contributed by atoms with van der Waals surface area (Å²) >= 11 is 6.06. The van der Waals surface area contributed by atoms with Crippen LogP contribution in [0.25, 0.3) is 11.1 Å². The van der Waals surface area contributed by atoms with Crippen LogP contribution < -0.4 is 0 Å². The summed E-state index contributed by atoms with van der Waals surface area (Å²) in [4.78, 5) is 0. The third-order valence-corrected chi connectivity index (χ3v) is 2.76. The number of hydrogen-bond donors (Lipinski definition) is 0. The van der Waals surface area contributed by atoms with Gasteiger partial charge in [-0.25, -0.2) is 0 Å². The summed E-state index contributed by atoms with van der Waals surface area (Å²) in [5, 5.41) is 0.825. The molecule has 0 fully saturated rings. The summed E-state index contributed by atoms with van der Waals surface area (Å²) in [5.41, 5.74) is 3.56. The minimum Gasteiger partial charge on any atom is -0.0840 e. The van der Waals surface area contributed by atoms with Gasteiger partial charge in [-0.2, -0.15) is 0 Å². The standard InChI is InChI=1S/C13H11Cl/c1-10-12(8-5-9-13(10)14)11-6-3-2-4-7-11/h2-9H,1H3. The first-order chi connectivity index (χ1) is 6.79. The molecule has 0 aliphatic heterocycles. The highest BCUT2D eigenvalue weighted by atomic mass is 35.5. The number of rotatable bonds is 1. The molecule has 0 aliphatic rings. The summed E-state index contributed by atoms with van der Waals surface area (Å²) in [6.07, 6.45) is 0. The molecule has 0 radical (unpaired) electrons. The zero-order chi connectivity index (χ0) is 9.97. The van der Waals surface area contributed by atoms with Crippen LogP contribution >= 0.6 is 11.6 Å². The van der Waals surface area contributed by atoms with Gasteiger partial charge in [-0.1, -0.05) is 54.1 Å². The molecule has 0 atom stereocenters. The number of halogens is 1. The lowest BCUT2D eigenvalue weighted by atomic mass is 10.0. The molecule has 0 saturated heterocycles. The minimum atomic E-state index is 0.825. The lowest BCUT2D eigenvalue weighted by Gasteiger charge is -2.06. The SMILES string of the molecule is Cc1c(Cl)cccc1-c1ccccc1. The summed E-state index contributed by atoms with van der Waals surface area (Å²) in [6.45, 7) is 2.05. The molecular formula is C13H11Cl. The first kappa shape index (κ1) is 9.29. The van der Waals surface area contributed by atoms with Crippen LogP contribution in [-0.4, -0.2) is 0 Å². The van der Waals surface area contributed by atoms with Crippen LogP contribution in [0.3, 0.4) is 0 Å². The maximum absolute atomic E-state index is 6.06. The fourth-order valence-corrected chi connectivity index (χ4v) is 1.71. The molecule has 0 bridgehead atoms. The maximum Gasteiger partial charge on any atom is 0.0441 e.